The SMILES string of the molecule is O=C(Nc1ccc2nc(-c3cc(F)ccc3F)[nH]c2c1)c1cnc2c(c1)c(=O)[nH]c(=O)n2C1CC1. The van der Waals surface area contributed by atoms with Gasteiger partial charge in [-0.15, -0.1) is 0 Å². The van der Waals surface area contributed by atoms with E-state index in [0.717, 1.165) is 31.0 Å². The predicted molar refractivity (Wildman–Crippen MR) is 124 cm³/mol. The summed E-state index contributed by atoms with van der Waals surface area (Å²) in [4.78, 5) is 51.1. The zero-order valence-electron chi connectivity index (χ0n) is 17.9. The Hall–Kier alpha value is -4.67. The molecule has 11 heteroatoms. The van der Waals surface area contributed by atoms with Crippen LogP contribution in [0.15, 0.2) is 58.3 Å². The molecule has 1 fully saturated rings. The summed E-state index contributed by atoms with van der Waals surface area (Å²) >= 11 is 0. The maximum Gasteiger partial charge on any atom is 0.330 e. The van der Waals surface area contributed by atoms with Crippen molar-refractivity contribution in [1.29, 1.82) is 0 Å². The van der Waals surface area contributed by atoms with Crippen molar-refractivity contribution < 1.29 is 13.6 Å². The second-order valence-electron chi connectivity index (χ2n) is 8.35. The largest absolute Gasteiger partial charge is 0.338 e. The van der Waals surface area contributed by atoms with Crippen molar-refractivity contribution >= 4 is 33.7 Å². The van der Waals surface area contributed by atoms with Crippen molar-refractivity contribution in [1.82, 2.24) is 24.5 Å². The number of rotatable bonds is 4. The highest BCUT2D eigenvalue weighted by atomic mass is 19.1. The van der Waals surface area contributed by atoms with Gasteiger partial charge in [-0.2, -0.15) is 0 Å². The van der Waals surface area contributed by atoms with Crippen molar-refractivity contribution in [3.63, 3.8) is 0 Å². The molecular formula is C24H16F2N6O3. The number of halogens is 2. The van der Waals surface area contributed by atoms with E-state index in [1.807, 2.05) is 0 Å². The molecule has 6 rings (SSSR count). The summed E-state index contributed by atoms with van der Waals surface area (Å²) in [6.07, 6.45) is 2.97. The molecule has 0 unspecified atom stereocenters. The quantitative estimate of drug-likeness (QED) is 0.368. The van der Waals surface area contributed by atoms with Gasteiger partial charge in [0.2, 0.25) is 0 Å². The van der Waals surface area contributed by atoms with E-state index < -0.39 is 28.8 Å². The van der Waals surface area contributed by atoms with E-state index in [1.54, 1.807) is 18.2 Å². The van der Waals surface area contributed by atoms with Crippen LogP contribution < -0.4 is 16.6 Å². The molecule has 1 amide bonds. The van der Waals surface area contributed by atoms with Crippen LogP contribution in [0.3, 0.4) is 0 Å². The van der Waals surface area contributed by atoms with Gasteiger partial charge in [-0.3, -0.25) is 19.1 Å². The van der Waals surface area contributed by atoms with Crippen LogP contribution >= 0.6 is 0 Å². The Kier molecular flexibility index (Phi) is 4.59. The molecule has 5 aromatic rings. The van der Waals surface area contributed by atoms with Crippen molar-refractivity contribution in [2.24, 2.45) is 0 Å². The molecule has 1 aliphatic rings. The fraction of sp³-hybridized carbons (Fsp3) is 0.125. The summed E-state index contributed by atoms with van der Waals surface area (Å²) in [6.45, 7) is 0. The molecule has 1 aliphatic carbocycles. The third kappa shape index (κ3) is 3.66. The van der Waals surface area contributed by atoms with Gasteiger partial charge in [-0.25, -0.2) is 23.5 Å². The van der Waals surface area contributed by atoms with Gasteiger partial charge in [-0.05, 0) is 55.3 Å². The lowest BCUT2D eigenvalue weighted by molar-refractivity contribution is 0.102. The number of pyridine rings is 1. The second kappa shape index (κ2) is 7.69. The molecule has 35 heavy (non-hydrogen) atoms. The fourth-order valence-corrected chi connectivity index (χ4v) is 4.03. The maximum atomic E-state index is 14.1. The third-order valence-corrected chi connectivity index (χ3v) is 5.88. The topological polar surface area (TPSA) is 126 Å². The molecule has 0 aliphatic heterocycles. The number of benzene rings is 2. The minimum absolute atomic E-state index is 0.000837. The lowest BCUT2D eigenvalue weighted by atomic mass is 10.2. The molecule has 3 aromatic heterocycles. The highest BCUT2D eigenvalue weighted by Crippen LogP contribution is 2.34. The molecule has 0 saturated heterocycles. The number of hydrogen-bond donors (Lipinski definition) is 3. The molecule has 9 nitrogen and oxygen atoms in total. The first-order valence-electron chi connectivity index (χ1n) is 10.8. The molecule has 0 radical (unpaired) electrons. The Labute approximate surface area is 194 Å². The molecule has 3 N–H and O–H groups in total. The minimum Gasteiger partial charge on any atom is -0.338 e. The maximum absolute atomic E-state index is 14.1. The Balaban J connectivity index is 1.31. The van der Waals surface area contributed by atoms with Gasteiger partial charge in [0.1, 0.15) is 23.1 Å². The smallest absolute Gasteiger partial charge is 0.330 e. The number of aromatic amines is 2. The Morgan fingerprint density at radius 2 is 1.89 bits per heavy atom. The standard InChI is InChI=1S/C24H16F2N6O3/c25-12-1-5-17(26)15(8-12)20-29-18-6-2-13(9-19(18)30-20)28-22(33)11-7-16-21(27-10-11)32(14-3-4-14)24(35)31-23(16)34/h1-2,5-10,14H,3-4H2,(H,28,33)(H,29,30)(H,31,34,35). The number of H-pyrrole nitrogens is 2. The first kappa shape index (κ1) is 20.9. The third-order valence-electron chi connectivity index (χ3n) is 5.88. The normalized spacial score (nSPS) is 13.4. The molecule has 0 spiro atoms. The molecule has 0 atom stereocenters. The lowest BCUT2D eigenvalue weighted by Gasteiger charge is -2.09. The van der Waals surface area contributed by atoms with Crippen LogP contribution in [0.2, 0.25) is 0 Å². The minimum atomic E-state index is -0.620. The van der Waals surface area contributed by atoms with E-state index >= 15 is 0 Å². The van der Waals surface area contributed by atoms with Gasteiger partial charge >= 0.3 is 5.69 Å². The van der Waals surface area contributed by atoms with Gasteiger partial charge in [0.15, 0.2) is 0 Å². The zero-order valence-corrected chi connectivity index (χ0v) is 17.9. The van der Waals surface area contributed by atoms with E-state index in [1.165, 1.54) is 16.8 Å². The average molecular weight is 474 g/mol. The van der Waals surface area contributed by atoms with Gasteiger partial charge < -0.3 is 10.3 Å². The summed E-state index contributed by atoms with van der Waals surface area (Å²) in [7, 11) is 0. The summed E-state index contributed by atoms with van der Waals surface area (Å²) in [5.74, 6) is -1.57. The van der Waals surface area contributed by atoms with Crippen LogP contribution in [0.1, 0.15) is 29.2 Å². The van der Waals surface area contributed by atoms with Gasteiger partial charge in [0, 0.05) is 17.9 Å². The monoisotopic (exact) mass is 474 g/mol. The summed E-state index contributed by atoms with van der Waals surface area (Å²) < 4.78 is 29.1. The van der Waals surface area contributed by atoms with Gasteiger partial charge in [0.25, 0.3) is 11.5 Å². The molecule has 0 bridgehead atoms. The Morgan fingerprint density at radius 1 is 1.06 bits per heavy atom. The van der Waals surface area contributed by atoms with Crippen molar-refractivity contribution in [3.05, 3.63) is 86.7 Å². The van der Waals surface area contributed by atoms with Crippen LogP contribution in [0.5, 0.6) is 0 Å². The summed E-state index contributed by atoms with van der Waals surface area (Å²) in [6, 6.07) is 9.33. The number of anilines is 1. The Bertz CT molecular complexity index is 1780. The second-order valence-corrected chi connectivity index (χ2v) is 8.35. The van der Waals surface area contributed by atoms with E-state index in [4.69, 9.17) is 0 Å². The van der Waals surface area contributed by atoms with E-state index in [0.29, 0.717) is 16.7 Å². The van der Waals surface area contributed by atoms with Gasteiger partial charge in [-0.1, -0.05) is 0 Å². The van der Waals surface area contributed by atoms with E-state index in [2.05, 4.69) is 25.3 Å². The first-order valence-corrected chi connectivity index (χ1v) is 10.8. The number of hydrogen-bond acceptors (Lipinski definition) is 5. The summed E-state index contributed by atoms with van der Waals surface area (Å²) in [5, 5.41) is 2.87. The van der Waals surface area contributed by atoms with Crippen molar-refractivity contribution in [3.8, 4) is 11.4 Å². The Morgan fingerprint density at radius 3 is 2.69 bits per heavy atom. The van der Waals surface area contributed by atoms with E-state index in [9.17, 15) is 23.2 Å². The first-order chi connectivity index (χ1) is 16.9. The van der Waals surface area contributed by atoms with E-state index in [-0.39, 0.29) is 34.0 Å². The van der Waals surface area contributed by atoms with Crippen molar-refractivity contribution in [2.45, 2.75) is 18.9 Å². The molecule has 1 saturated carbocycles. The molecular weight excluding hydrogens is 458 g/mol. The van der Waals surface area contributed by atoms with Crippen LogP contribution in [0.25, 0.3) is 33.5 Å². The highest BCUT2D eigenvalue weighted by Gasteiger charge is 2.28. The van der Waals surface area contributed by atoms with Crippen molar-refractivity contribution in [2.75, 3.05) is 5.32 Å². The molecule has 2 aromatic carbocycles. The zero-order chi connectivity index (χ0) is 24.3. The number of carbonyl (C=O) groups is 1. The summed E-state index contributed by atoms with van der Waals surface area (Å²) in [5.41, 5.74) is 0.657. The van der Waals surface area contributed by atoms with Crippen LogP contribution in [-0.4, -0.2) is 30.4 Å². The number of nitrogens with one attached hydrogen (secondary N) is 3. The fourth-order valence-electron chi connectivity index (χ4n) is 4.03. The molecule has 3 heterocycles. The average Bonchev–Trinajstić information content (AvgIpc) is 3.58. The lowest BCUT2D eigenvalue weighted by Crippen LogP contribution is -2.30. The van der Waals surface area contributed by atoms with Crippen LogP contribution in [0.4, 0.5) is 14.5 Å². The molecule has 174 valence electrons. The van der Waals surface area contributed by atoms with Crippen LogP contribution in [0, 0.1) is 11.6 Å². The highest BCUT2D eigenvalue weighted by molar-refractivity contribution is 6.06. The van der Waals surface area contributed by atoms with Gasteiger partial charge in [0.05, 0.1) is 27.5 Å². The predicted octanol–water partition coefficient (Wildman–Crippen LogP) is 3.49. The number of aromatic nitrogens is 5. The van der Waals surface area contributed by atoms with Crippen LogP contribution in [-0.2, 0) is 0 Å². The number of nitrogens with zero attached hydrogens (tertiary/aromatic N) is 3. The number of fused-ring (bicyclic) bond motifs is 2. The number of carbonyl (C=O) groups excluding carboxylic acids is 1. The number of imidazole rings is 1. The number of amides is 1.